The standard InChI is InChI=1S/C17H16BrNO2/c1-2-21-15-10-8-14(9-11-15)19-17(20)16(18)12-13-6-4-3-5-7-13/h3-12H,2H2,1H3,(H,19,20). The predicted molar refractivity (Wildman–Crippen MR) is 89.6 cm³/mol. The Morgan fingerprint density at radius 3 is 2.43 bits per heavy atom. The van der Waals surface area contributed by atoms with Crippen molar-refractivity contribution in [1.29, 1.82) is 0 Å². The molecule has 0 aromatic heterocycles. The first kappa shape index (κ1) is 15.3. The van der Waals surface area contributed by atoms with Gasteiger partial charge in [0.05, 0.1) is 11.1 Å². The molecule has 0 aliphatic rings. The highest BCUT2D eigenvalue weighted by molar-refractivity contribution is 9.12. The van der Waals surface area contributed by atoms with Gasteiger partial charge in [0, 0.05) is 5.69 Å². The lowest BCUT2D eigenvalue weighted by Gasteiger charge is -2.06. The third kappa shape index (κ3) is 4.76. The van der Waals surface area contributed by atoms with Gasteiger partial charge in [-0.15, -0.1) is 0 Å². The summed E-state index contributed by atoms with van der Waals surface area (Å²) < 4.78 is 5.83. The molecule has 2 rings (SSSR count). The number of hydrogen-bond acceptors (Lipinski definition) is 2. The van der Waals surface area contributed by atoms with Gasteiger partial charge in [-0.2, -0.15) is 0 Å². The van der Waals surface area contributed by atoms with Crippen molar-refractivity contribution < 1.29 is 9.53 Å². The van der Waals surface area contributed by atoms with Crippen LogP contribution >= 0.6 is 15.9 Å². The first-order valence-electron chi connectivity index (χ1n) is 6.65. The molecule has 3 nitrogen and oxygen atoms in total. The van der Waals surface area contributed by atoms with Crippen molar-refractivity contribution in [1.82, 2.24) is 0 Å². The van der Waals surface area contributed by atoms with E-state index in [0.717, 1.165) is 17.0 Å². The number of amides is 1. The Labute approximate surface area is 132 Å². The number of halogens is 1. The summed E-state index contributed by atoms with van der Waals surface area (Å²) in [6.07, 6.45) is 1.78. The topological polar surface area (TPSA) is 38.3 Å². The molecule has 0 heterocycles. The maximum absolute atomic E-state index is 12.1. The van der Waals surface area contributed by atoms with Gasteiger partial charge in [0.1, 0.15) is 5.75 Å². The maximum atomic E-state index is 12.1. The minimum absolute atomic E-state index is 0.192. The highest BCUT2D eigenvalue weighted by atomic mass is 79.9. The molecule has 2 aromatic rings. The van der Waals surface area contributed by atoms with E-state index in [-0.39, 0.29) is 5.91 Å². The molecule has 1 amide bonds. The van der Waals surface area contributed by atoms with Gasteiger partial charge in [-0.3, -0.25) is 4.79 Å². The lowest BCUT2D eigenvalue weighted by molar-refractivity contribution is -0.112. The number of carbonyl (C=O) groups is 1. The third-order valence-electron chi connectivity index (χ3n) is 2.73. The molecule has 4 heteroatoms. The molecule has 0 radical (unpaired) electrons. The first-order valence-corrected chi connectivity index (χ1v) is 7.45. The Kier molecular flexibility index (Phi) is 5.58. The van der Waals surface area contributed by atoms with Crippen molar-refractivity contribution in [3.63, 3.8) is 0 Å². The van der Waals surface area contributed by atoms with Crippen LogP contribution in [0.4, 0.5) is 5.69 Å². The van der Waals surface area contributed by atoms with Gasteiger partial charge in [-0.1, -0.05) is 30.3 Å². The second kappa shape index (κ2) is 7.64. The molecule has 108 valence electrons. The number of anilines is 1. The Bertz CT molecular complexity index is 621. The Hall–Kier alpha value is -2.07. The number of ether oxygens (including phenoxy) is 1. The average Bonchev–Trinajstić information content (AvgIpc) is 2.50. The fourth-order valence-electron chi connectivity index (χ4n) is 1.75. The molecular formula is C17H16BrNO2. The fourth-order valence-corrected chi connectivity index (χ4v) is 2.12. The van der Waals surface area contributed by atoms with Gasteiger partial charge >= 0.3 is 0 Å². The summed E-state index contributed by atoms with van der Waals surface area (Å²) in [6, 6.07) is 16.9. The number of rotatable bonds is 5. The van der Waals surface area contributed by atoms with Crippen LogP contribution in [-0.4, -0.2) is 12.5 Å². The van der Waals surface area contributed by atoms with E-state index in [9.17, 15) is 4.79 Å². The molecule has 0 saturated heterocycles. The Morgan fingerprint density at radius 1 is 1.14 bits per heavy atom. The van der Waals surface area contributed by atoms with Gasteiger partial charge in [-0.05, 0) is 58.8 Å². The summed E-state index contributed by atoms with van der Waals surface area (Å²) in [4.78, 5) is 12.1. The monoisotopic (exact) mass is 345 g/mol. The molecule has 1 N–H and O–H groups in total. The summed E-state index contributed by atoms with van der Waals surface area (Å²) in [6.45, 7) is 2.55. The van der Waals surface area contributed by atoms with Crippen LogP contribution in [-0.2, 0) is 4.79 Å². The van der Waals surface area contributed by atoms with E-state index >= 15 is 0 Å². The van der Waals surface area contributed by atoms with E-state index in [2.05, 4.69) is 21.2 Å². The lowest BCUT2D eigenvalue weighted by Crippen LogP contribution is -2.11. The van der Waals surface area contributed by atoms with Crippen molar-refractivity contribution in [3.8, 4) is 5.75 Å². The van der Waals surface area contributed by atoms with E-state index in [1.54, 1.807) is 6.08 Å². The molecular weight excluding hydrogens is 330 g/mol. The highest BCUT2D eigenvalue weighted by Gasteiger charge is 2.06. The number of nitrogens with one attached hydrogen (secondary N) is 1. The van der Waals surface area contributed by atoms with Crippen LogP contribution in [0.3, 0.4) is 0 Å². The minimum Gasteiger partial charge on any atom is -0.494 e. The normalized spacial score (nSPS) is 11.0. The SMILES string of the molecule is CCOc1ccc(NC(=O)C(Br)=Cc2ccccc2)cc1. The molecule has 0 saturated carbocycles. The third-order valence-corrected chi connectivity index (χ3v) is 3.32. The zero-order valence-corrected chi connectivity index (χ0v) is 13.3. The quantitative estimate of drug-likeness (QED) is 0.812. The fraction of sp³-hybridized carbons (Fsp3) is 0.118. The molecule has 0 fully saturated rings. The first-order chi connectivity index (χ1) is 10.2. The molecule has 21 heavy (non-hydrogen) atoms. The summed E-state index contributed by atoms with van der Waals surface area (Å²) in [7, 11) is 0. The molecule has 0 bridgehead atoms. The van der Waals surface area contributed by atoms with E-state index in [1.807, 2.05) is 61.5 Å². The van der Waals surface area contributed by atoms with Crippen molar-refractivity contribution in [3.05, 3.63) is 64.6 Å². The summed E-state index contributed by atoms with van der Waals surface area (Å²) in [5.41, 5.74) is 1.69. The van der Waals surface area contributed by atoms with Crippen LogP contribution in [0, 0.1) is 0 Å². The molecule has 0 aliphatic carbocycles. The second-order valence-electron chi connectivity index (χ2n) is 4.31. The van der Waals surface area contributed by atoms with Crippen LogP contribution in [0.2, 0.25) is 0 Å². The van der Waals surface area contributed by atoms with Gasteiger partial charge in [0.15, 0.2) is 0 Å². The molecule has 0 spiro atoms. The number of carbonyl (C=O) groups excluding carboxylic acids is 1. The predicted octanol–water partition coefficient (Wildman–Crippen LogP) is 4.46. The van der Waals surface area contributed by atoms with Crippen LogP contribution in [0.1, 0.15) is 12.5 Å². The van der Waals surface area contributed by atoms with E-state index in [0.29, 0.717) is 11.1 Å². The van der Waals surface area contributed by atoms with Crippen molar-refractivity contribution >= 4 is 33.6 Å². The molecule has 0 aliphatic heterocycles. The van der Waals surface area contributed by atoms with Crippen LogP contribution < -0.4 is 10.1 Å². The summed E-state index contributed by atoms with van der Waals surface area (Å²) in [5, 5.41) is 2.82. The van der Waals surface area contributed by atoms with Crippen molar-refractivity contribution in [2.75, 3.05) is 11.9 Å². The molecule has 2 aromatic carbocycles. The van der Waals surface area contributed by atoms with Gasteiger partial charge in [0.2, 0.25) is 0 Å². The van der Waals surface area contributed by atoms with Gasteiger partial charge in [0.25, 0.3) is 5.91 Å². The largest absolute Gasteiger partial charge is 0.494 e. The zero-order chi connectivity index (χ0) is 15.1. The molecule has 0 unspecified atom stereocenters. The van der Waals surface area contributed by atoms with E-state index in [4.69, 9.17) is 4.74 Å². The lowest BCUT2D eigenvalue weighted by atomic mass is 10.2. The minimum atomic E-state index is -0.192. The van der Waals surface area contributed by atoms with E-state index < -0.39 is 0 Å². The van der Waals surface area contributed by atoms with Gasteiger partial charge in [-0.25, -0.2) is 0 Å². The summed E-state index contributed by atoms with van der Waals surface area (Å²) in [5.74, 6) is 0.595. The number of hydrogen-bond donors (Lipinski definition) is 1. The second-order valence-corrected chi connectivity index (χ2v) is 5.17. The Morgan fingerprint density at radius 2 is 1.81 bits per heavy atom. The smallest absolute Gasteiger partial charge is 0.262 e. The zero-order valence-electron chi connectivity index (χ0n) is 11.7. The Balaban J connectivity index is 2.02. The van der Waals surface area contributed by atoms with Crippen molar-refractivity contribution in [2.24, 2.45) is 0 Å². The van der Waals surface area contributed by atoms with Crippen LogP contribution in [0.5, 0.6) is 5.75 Å². The highest BCUT2D eigenvalue weighted by Crippen LogP contribution is 2.18. The number of benzene rings is 2. The summed E-state index contributed by atoms with van der Waals surface area (Å²) >= 11 is 3.30. The van der Waals surface area contributed by atoms with Gasteiger partial charge < -0.3 is 10.1 Å². The van der Waals surface area contributed by atoms with Crippen LogP contribution in [0.25, 0.3) is 6.08 Å². The average molecular weight is 346 g/mol. The maximum Gasteiger partial charge on any atom is 0.262 e. The van der Waals surface area contributed by atoms with Crippen molar-refractivity contribution in [2.45, 2.75) is 6.92 Å². The molecule has 0 atom stereocenters. The van der Waals surface area contributed by atoms with E-state index in [1.165, 1.54) is 0 Å². The van der Waals surface area contributed by atoms with Crippen LogP contribution in [0.15, 0.2) is 59.1 Å².